The third kappa shape index (κ3) is 5.79. The molecule has 18 heavy (non-hydrogen) atoms. The number of halogens is 1. The summed E-state index contributed by atoms with van der Waals surface area (Å²) in [6.07, 6.45) is 0. The van der Waals surface area contributed by atoms with Gasteiger partial charge in [-0.3, -0.25) is 4.79 Å². The summed E-state index contributed by atoms with van der Waals surface area (Å²) in [5.74, 6) is -0.482. The number of rotatable bonds is 6. The number of benzene rings is 1. The van der Waals surface area contributed by atoms with Gasteiger partial charge in [0.2, 0.25) is 0 Å². The molecule has 5 nitrogen and oxygen atoms in total. The van der Waals surface area contributed by atoms with Crippen molar-refractivity contribution in [3.8, 4) is 0 Å². The van der Waals surface area contributed by atoms with Crippen molar-refractivity contribution < 1.29 is 14.7 Å². The standard InChI is InChI=1S/C11H13ClN2O3S/c12-5-6-13-11(17)14-8-1-3-9(4-2-8)18-7-10(15)16/h1-4H,5-7H2,(H,15,16)(H2,13,14,17). The molecule has 2 amide bonds. The second-order valence-corrected chi connectivity index (χ2v) is 4.70. The maximum absolute atomic E-state index is 11.3. The Morgan fingerprint density at radius 3 is 2.50 bits per heavy atom. The Labute approximate surface area is 114 Å². The van der Waals surface area contributed by atoms with E-state index in [1.807, 2.05) is 0 Å². The number of urea groups is 1. The zero-order valence-electron chi connectivity index (χ0n) is 9.48. The van der Waals surface area contributed by atoms with Crippen molar-refractivity contribution in [2.45, 2.75) is 4.90 Å². The first-order valence-electron chi connectivity index (χ1n) is 5.17. The summed E-state index contributed by atoms with van der Waals surface area (Å²) in [5.41, 5.74) is 0.641. The van der Waals surface area contributed by atoms with Gasteiger partial charge in [0.05, 0.1) is 5.75 Å². The van der Waals surface area contributed by atoms with E-state index in [0.717, 1.165) is 4.90 Å². The zero-order chi connectivity index (χ0) is 13.4. The van der Waals surface area contributed by atoms with Crippen LogP contribution in [0.15, 0.2) is 29.2 Å². The van der Waals surface area contributed by atoms with E-state index in [1.165, 1.54) is 11.8 Å². The number of hydrogen-bond donors (Lipinski definition) is 3. The molecule has 0 unspecified atom stereocenters. The average Bonchev–Trinajstić information content (AvgIpc) is 2.35. The first-order chi connectivity index (χ1) is 8.61. The highest BCUT2D eigenvalue weighted by molar-refractivity contribution is 8.00. The fourth-order valence-corrected chi connectivity index (χ4v) is 1.83. The largest absolute Gasteiger partial charge is 0.481 e. The number of amides is 2. The van der Waals surface area contributed by atoms with Gasteiger partial charge < -0.3 is 15.7 Å². The van der Waals surface area contributed by atoms with Crippen LogP contribution in [0, 0.1) is 0 Å². The quantitative estimate of drug-likeness (QED) is 0.554. The van der Waals surface area contributed by atoms with Crippen LogP contribution in [0.2, 0.25) is 0 Å². The molecule has 7 heteroatoms. The number of carbonyl (C=O) groups excluding carboxylic acids is 1. The van der Waals surface area contributed by atoms with Crippen molar-refractivity contribution in [3.63, 3.8) is 0 Å². The number of nitrogens with one attached hydrogen (secondary N) is 2. The highest BCUT2D eigenvalue weighted by Crippen LogP contribution is 2.19. The Morgan fingerprint density at radius 2 is 1.94 bits per heavy atom. The number of carboxylic acid groups (broad SMARTS) is 1. The SMILES string of the molecule is O=C(O)CSc1ccc(NC(=O)NCCCl)cc1. The zero-order valence-corrected chi connectivity index (χ0v) is 11.1. The maximum atomic E-state index is 11.3. The molecule has 0 aromatic heterocycles. The second-order valence-electron chi connectivity index (χ2n) is 3.28. The van der Waals surface area contributed by atoms with Gasteiger partial charge in [0.1, 0.15) is 0 Å². The fraction of sp³-hybridized carbons (Fsp3) is 0.273. The predicted molar refractivity (Wildman–Crippen MR) is 72.5 cm³/mol. The van der Waals surface area contributed by atoms with Gasteiger partial charge in [-0.1, -0.05) is 0 Å². The number of carbonyl (C=O) groups is 2. The third-order valence-corrected chi connectivity index (χ3v) is 3.04. The Bertz CT molecular complexity index is 411. The summed E-state index contributed by atoms with van der Waals surface area (Å²) in [7, 11) is 0. The number of carboxylic acids is 1. The number of hydrogen-bond acceptors (Lipinski definition) is 3. The minimum absolute atomic E-state index is 0.0168. The van der Waals surface area contributed by atoms with Gasteiger partial charge in [0.15, 0.2) is 0 Å². The lowest BCUT2D eigenvalue weighted by Gasteiger charge is -2.06. The monoisotopic (exact) mass is 288 g/mol. The number of anilines is 1. The van der Waals surface area contributed by atoms with Crippen molar-refractivity contribution >= 4 is 41.1 Å². The van der Waals surface area contributed by atoms with Crippen LogP contribution in [0.4, 0.5) is 10.5 Å². The second kappa shape index (κ2) is 7.84. The third-order valence-electron chi connectivity index (χ3n) is 1.85. The number of aliphatic carboxylic acids is 1. The summed E-state index contributed by atoms with van der Waals surface area (Å²) in [6, 6.07) is 6.62. The summed E-state index contributed by atoms with van der Waals surface area (Å²) in [5, 5.41) is 13.7. The van der Waals surface area contributed by atoms with Gasteiger partial charge >= 0.3 is 12.0 Å². The minimum Gasteiger partial charge on any atom is -0.481 e. The Morgan fingerprint density at radius 1 is 1.28 bits per heavy atom. The lowest BCUT2D eigenvalue weighted by atomic mass is 10.3. The summed E-state index contributed by atoms with van der Waals surface area (Å²) in [6.45, 7) is 0.403. The molecule has 0 atom stereocenters. The van der Waals surface area contributed by atoms with E-state index >= 15 is 0 Å². The molecule has 3 N–H and O–H groups in total. The maximum Gasteiger partial charge on any atom is 0.319 e. The van der Waals surface area contributed by atoms with Gasteiger partial charge in [-0.25, -0.2) is 4.79 Å². The summed E-state index contributed by atoms with van der Waals surface area (Å²) < 4.78 is 0. The molecule has 0 heterocycles. The Hall–Kier alpha value is -1.40. The van der Waals surface area contributed by atoms with Gasteiger partial charge in [0.25, 0.3) is 0 Å². The molecule has 0 aliphatic rings. The molecule has 1 rings (SSSR count). The van der Waals surface area contributed by atoms with E-state index in [-0.39, 0.29) is 11.8 Å². The summed E-state index contributed by atoms with van der Waals surface area (Å²) >= 11 is 6.66. The fourth-order valence-electron chi connectivity index (χ4n) is 1.12. The summed E-state index contributed by atoms with van der Waals surface area (Å²) in [4.78, 5) is 22.5. The van der Waals surface area contributed by atoms with Crippen LogP contribution in [-0.4, -0.2) is 35.3 Å². The van der Waals surface area contributed by atoms with Crippen molar-refractivity contribution in [3.05, 3.63) is 24.3 Å². The first kappa shape index (κ1) is 14.7. The topological polar surface area (TPSA) is 78.4 Å². The van der Waals surface area contributed by atoms with E-state index in [0.29, 0.717) is 18.1 Å². The van der Waals surface area contributed by atoms with Crippen molar-refractivity contribution in [2.24, 2.45) is 0 Å². The van der Waals surface area contributed by atoms with E-state index in [9.17, 15) is 9.59 Å². The molecule has 1 aromatic rings. The normalized spacial score (nSPS) is 9.83. The lowest BCUT2D eigenvalue weighted by molar-refractivity contribution is -0.133. The van der Waals surface area contributed by atoms with Gasteiger partial charge in [-0.2, -0.15) is 0 Å². The molecule has 0 spiro atoms. The highest BCUT2D eigenvalue weighted by atomic mass is 35.5. The molecular formula is C11H13ClN2O3S. The van der Waals surface area contributed by atoms with E-state index < -0.39 is 5.97 Å². The van der Waals surface area contributed by atoms with E-state index in [4.69, 9.17) is 16.7 Å². The molecular weight excluding hydrogens is 276 g/mol. The van der Waals surface area contributed by atoms with Crippen molar-refractivity contribution in [1.82, 2.24) is 5.32 Å². The molecule has 0 aliphatic carbocycles. The van der Waals surface area contributed by atoms with Gasteiger partial charge in [0, 0.05) is 23.0 Å². The molecule has 0 bridgehead atoms. The van der Waals surface area contributed by atoms with Crippen LogP contribution in [0.1, 0.15) is 0 Å². The predicted octanol–water partition coefficient (Wildman–Crippen LogP) is 2.22. The number of thioether (sulfide) groups is 1. The van der Waals surface area contributed by atoms with Crippen LogP contribution in [0.3, 0.4) is 0 Å². The molecule has 0 aliphatic heterocycles. The Balaban J connectivity index is 2.44. The van der Waals surface area contributed by atoms with Crippen LogP contribution in [0.5, 0.6) is 0 Å². The van der Waals surface area contributed by atoms with Crippen molar-refractivity contribution in [1.29, 1.82) is 0 Å². The molecule has 1 aromatic carbocycles. The molecule has 0 saturated carbocycles. The average molecular weight is 289 g/mol. The minimum atomic E-state index is -0.859. The van der Waals surface area contributed by atoms with Gasteiger partial charge in [-0.05, 0) is 24.3 Å². The molecule has 0 fully saturated rings. The Kier molecular flexibility index (Phi) is 6.38. The molecule has 0 saturated heterocycles. The highest BCUT2D eigenvalue weighted by Gasteiger charge is 2.02. The molecule has 0 radical (unpaired) electrons. The number of alkyl halides is 1. The smallest absolute Gasteiger partial charge is 0.319 e. The van der Waals surface area contributed by atoms with E-state index in [2.05, 4.69) is 10.6 Å². The molecule has 98 valence electrons. The van der Waals surface area contributed by atoms with Crippen molar-refractivity contribution in [2.75, 3.05) is 23.5 Å². The van der Waals surface area contributed by atoms with Crippen LogP contribution in [0.25, 0.3) is 0 Å². The lowest BCUT2D eigenvalue weighted by Crippen LogP contribution is -2.30. The van der Waals surface area contributed by atoms with Crippen LogP contribution in [-0.2, 0) is 4.79 Å². The van der Waals surface area contributed by atoms with Crippen LogP contribution >= 0.6 is 23.4 Å². The van der Waals surface area contributed by atoms with E-state index in [1.54, 1.807) is 24.3 Å². The van der Waals surface area contributed by atoms with Gasteiger partial charge in [-0.15, -0.1) is 23.4 Å². The van der Waals surface area contributed by atoms with Crippen LogP contribution < -0.4 is 10.6 Å². The first-order valence-corrected chi connectivity index (χ1v) is 6.69.